The van der Waals surface area contributed by atoms with E-state index in [1.54, 1.807) is 17.0 Å². The first-order valence-electron chi connectivity index (χ1n) is 8.55. The number of aryl methyl sites for hydroxylation is 1. The van der Waals surface area contributed by atoms with Crippen molar-refractivity contribution in [1.82, 2.24) is 15.1 Å². The van der Waals surface area contributed by atoms with Crippen LogP contribution >= 0.6 is 11.6 Å². The zero-order valence-corrected chi connectivity index (χ0v) is 15.2. The standard InChI is InChI=1S/C20H19ClN4O/c1-13-5-2-3-8-16(13)19-17-12-25(10-9-18(17)23-24-19)20(26)22-15-7-4-6-14(21)11-15/h2-8,11H,9-10,12H2,1H3,(H,22,26)(H,23,24). The van der Waals surface area contributed by atoms with Crippen LogP contribution in [0, 0.1) is 6.92 Å². The van der Waals surface area contributed by atoms with Crippen molar-refractivity contribution < 1.29 is 4.79 Å². The Hall–Kier alpha value is -2.79. The van der Waals surface area contributed by atoms with Gasteiger partial charge < -0.3 is 10.2 Å². The van der Waals surface area contributed by atoms with Gasteiger partial charge in [-0.1, -0.05) is 41.9 Å². The van der Waals surface area contributed by atoms with Crippen molar-refractivity contribution in [1.29, 1.82) is 0 Å². The lowest BCUT2D eigenvalue weighted by Crippen LogP contribution is -2.38. The molecule has 4 rings (SSSR count). The molecular formula is C20H19ClN4O. The number of aromatic nitrogens is 2. The zero-order valence-electron chi connectivity index (χ0n) is 14.4. The largest absolute Gasteiger partial charge is 0.322 e. The van der Waals surface area contributed by atoms with Gasteiger partial charge in [0.05, 0.1) is 12.2 Å². The number of nitrogens with one attached hydrogen (secondary N) is 2. The third-order valence-electron chi connectivity index (χ3n) is 4.70. The van der Waals surface area contributed by atoms with Gasteiger partial charge in [0, 0.05) is 40.5 Å². The minimum Gasteiger partial charge on any atom is -0.320 e. The minimum atomic E-state index is -0.130. The van der Waals surface area contributed by atoms with E-state index < -0.39 is 0 Å². The maximum absolute atomic E-state index is 12.7. The number of rotatable bonds is 2. The van der Waals surface area contributed by atoms with Crippen LogP contribution in [0.5, 0.6) is 0 Å². The van der Waals surface area contributed by atoms with Crippen molar-refractivity contribution in [2.24, 2.45) is 0 Å². The van der Waals surface area contributed by atoms with Gasteiger partial charge in [0.25, 0.3) is 0 Å². The van der Waals surface area contributed by atoms with Crippen molar-refractivity contribution >= 4 is 23.3 Å². The van der Waals surface area contributed by atoms with Crippen molar-refractivity contribution in [3.8, 4) is 11.3 Å². The molecule has 2 aromatic carbocycles. The number of H-pyrrole nitrogens is 1. The number of nitrogens with zero attached hydrogens (tertiary/aromatic N) is 2. The summed E-state index contributed by atoms with van der Waals surface area (Å²) in [5.41, 5.74) is 6.09. The molecule has 0 atom stereocenters. The monoisotopic (exact) mass is 366 g/mol. The fourth-order valence-corrected chi connectivity index (χ4v) is 3.49. The predicted molar refractivity (Wildman–Crippen MR) is 103 cm³/mol. The molecule has 0 saturated heterocycles. The second kappa shape index (κ2) is 6.84. The molecular weight excluding hydrogens is 348 g/mol. The predicted octanol–water partition coefficient (Wildman–Crippen LogP) is 4.63. The number of anilines is 1. The molecule has 2 amide bonds. The Morgan fingerprint density at radius 2 is 2.08 bits per heavy atom. The smallest absolute Gasteiger partial charge is 0.320 e. The van der Waals surface area contributed by atoms with Gasteiger partial charge in [0.15, 0.2) is 0 Å². The fourth-order valence-electron chi connectivity index (χ4n) is 3.30. The molecule has 0 saturated carbocycles. The number of carbonyl (C=O) groups is 1. The molecule has 132 valence electrons. The SMILES string of the molecule is Cc1ccccc1-c1n[nH]c2c1CN(C(=O)Nc1cccc(Cl)c1)CC2. The number of urea groups is 1. The van der Waals surface area contributed by atoms with Crippen LogP contribution in [0.1, 0.15) is 16.8 Å². The van der Waals surface area contributed by atoms with Gasteiger partial charge in [-0.3, -0.25) is 5.10 Å². The van der Waals surface area contributed by atoms with Crippen molar-refractivity contribution in [3.63, 3.8) is 0 Å². The van der Waals surface area contributed by atoms with Crippen LogP contribution in [0.3, 0.4) is 0 Å². The summed E-state index contributed by atoms with van der Waals surface area (Å²) in [5.74, 6) is 0. The summed E-state index contributed by atoms with van der Waals surface area (Å²) in [4.78, 5) is 14.5. The van der Waals surface area contributed by atoms with Crippen LogP contribution in [0.15, 0.2) is 48.5 Å². The Balaban J connectivity index is 1.57. The van der Waals surface area contributed by atoms with Crippen LogP contribution in [-0.4, -0.2) is 27.7 Å². The number of amides is 2. The first kappa shape index (κ1) is 16.7. The average molecular weight is 367 g/mol. The van der Waals surface area contributed by atoms with E-state index in [-0.39, 0.29) is 6.03 Å². The normalized spacial score (nSPS) is 13.4. The second-order valence-corrected chi connectivity index (χ2v) is 6.89. The molecule has 2 heterocycles. The van der Waals surface area contributed by atoms with E-state index in [0.717, 1.165) is 28.9 Å². The summed E-state index contributed by atoms with van der Waals surface area (Å²) in [6.45, 7) is 3.25. The van der Waals surface area contributed by atoms with E-state index in [2.05, 4.69) is 34.6 Å². The Kier molecular flexibility index (Phi) is 4.39. The lowest BCUT2D eigenvalue weighted by atomic mass is 9.98. The first-order chi connectivity index (χ1) is 12.6. The molecule has 1 aliphatic heterocycles. The maximum Gasteiger partial charge on any atom is 0.322 e. The zero-order chi connectivity index (χ0) is 18.1. The molecule has 26 heavy (non-hydrogen) atoms. The van der Waals surface area contributed by atoms with Gasteiger partial charge >= 0.3 is 6.03 Å². The third kappa shape index (κ3) is 3.18. The number of hydrogen-bond acceptors (Lipinski definition) is 2. The minimum absolute atomic E-state index is 0.130. The summed E-state index contributed by atoms with van der Waals surface area (Å²) in [6.07, 6.45) is 0.761. The van der Waals surface area contributed by atoms with E-state index >= 15 is 0 Å². The molecule has 0 fully saturated rings. The molecule has 0 spiro atoms. The van der Waals surface area contributed by atoms with Gasteiger partial charge in [-0.2, -0.15) is 5.10 Å². The third-order valence-corrected chi connectivity index (χ3v) is 4.93. The molecule has 3 aromatic rings. The van der Waals surface area contributed by atoms with Gasteiger partial charge in [-0.05, 0) is 30.7 Å². The van der Waals surface area contributed by atoms with Crippen LogP contribution in [0.2, 0.25) is 5.02 Å². The van der Waals surface area contributed by atoms with Crippen molar-refractivity contribution in [3.05, 3.63) is 70.4 Å². The summed E-state index contributed by atoms with van der Waals surface area (Å²) < 4.78 is 0. The summed E-state index contributed by atoms with van der Waals surface area (Å²) in [7, 11) is 0. The lowest BCUT2D eigenvalue weighted by molar-refractivity contribution is 0.206. The van der Waals surface area contributed by atoms with E-state index in [1.165, 1.54) is 5.56 Å². The van der Waals surface area contributed by atoms with Gasteiger partial charge in [0.2, 0.25) is 0 Å². The number of halogens is 1. The highest BCUT2D eigenvalue weighted by atomic mass is 35.5. The maximum atomic E-state index is 12.7. The first-order valence-corrected chi connectivity index (χ1v) is 8.93. The molecule has 6 heteroatoms. The van der Waals surface area contributed by atoms with Crippen LogP contribution in [0.4, 0.5) is 10.5 Å². The van der Waals surface area contributed by atoms with E-state index in [9.17, 15) is 4.79 Å². The number of fused-ring (bicyclic) bond motifs is 1. The second-order valence-electron chi connectivity index (χ2n) is 6.46. The highest BCUT2D eigenvalue weighted by Gasteiger charge is 2.26. The number of carbonyl (C=O) groups excluding carboxylic acids is 1. The van der Waals surface area contributed by atoms with Gasteiger partial charge in [-0.15, -0.1) is 0 Å². The molecule has 1 aliphatic rings. The van der Waals surface area contributed by atoms with E-state index in [1.807, 2.05) is 24.3 Å². The number of benzene rings is 2. The quantitative estimate of drug-likeness (QED) is 0.694. The summed E-state index contributed by atoms with van der Waals surface area (Å²) in [6, 6.07) is 15.2. The fraction of sp³-hybridized carbons (Fsp3) is 0.200. The molecule has 0 unspecified atom stereocenters. The average Bonchev–Trinajstić information content (AvgIpc) is 3.05. The topological polar surface area (TPSA) is 61.0 Å². The van der Waals surface area contributed by atoms with E-state index in [0.29, 0.717) is 23.8 Å². The Morgan fingerprint density at radius 3 is 2.88 bits per heavy atom. The van der Waals surface area contributed by atoms with Crippen molar-refractivity contribution in [2.45, 2.75) is 19.9 Å². The molecule has 5 nitrogen and oxygen atoms in total. The van der Waals surface area contributed by atoms with E-state index in [4.69, 9.17) is 11.6 Å². The molecule has 2 N–H and O–H groups in total. The van der Waals surface area contributed by atoms with Crippen LogP contribution in [0.25, 0.3) is 11.3 Å². The molecule has 1 aromatic heterocycles. The molecule has 0 bridgehead atoms. The lowest BCUT2D eigenvalue weighted by Gasteiger charge is -2.27. The number of aromatic amines is 1. The molecule has 0 radical (unpaired) electrons. The highest BCUT2D eigenvalue weighted by Crippen LogP contribution is 2.30. The Morgan fingerprint density at radius 1 is 1.23 bits per heavy atom. The molecule has 0 aliphatic carbocycles. The van der Waals surface area contributed by atoms with Gasteiger partial charge in [0.1, 0.15) is 0 Å². The van der Waals surface area contributed by atoms with Crippen molar-refractivity contribution in [2.75, 3.05) is 11.9 Å². The highest BCUT2D eigenvalue weighted by molar-refractivity contribution is 6.30. The van der Waals surface area contributed by atoms with Gasteiger partial charge in [-0.25, -0.2) is 4.79 Å². The van der Waals surface area contributed by atoms with Crippen LogP contribution < -0.4 is 5.32 Å². The number of hydrogen-bond donors (Lipinski definition) is 2. The Labute approximate surface area is 157 Å². The Bertz CT molecular complexity index is 966. The summed E-state index contributed by atoms with van der Waals surface area (Å²) >= 11 is 5.99. The van der Waals surface area contributed by atoms with Crippen LogP contribution in [-0.2, 0) is 13.0 Å². The summed E-state index contributed by atoms with van der Waals surface area (Å²) in [5, 5.41) is 11.2.